The summed E-state index contributed by atoms with van der Waals surface area (Å²) in [6.07, 6.45) is -2.86. The lowest BCUT2D eigenvalue weighted by Gasteiger charge is -2.12. The van der Waals surface area contributed by atoms with Gasteiger partial charge in [-0.25, -0.2) is 4.98 Å². The van der Waals surface area contributed by atoms with E-state index in [0.717, 1.165) is 23.5 Å². The van der Waals surface area contributed by atoms with Crippen LogP contribution in [-0.2, 0) is 11.3 Å². The van der Waals surface area contributed by atoms with Gasteiger partial charge in [0.1, 0.15) is 24.1 Å². The fourth-order valence-electron chi connectivity index (χ4n) is 1.71. The maximum Gasteiger partial charge on any atom is 0.405 e. The van der Waals surface area contributed by atoms with Crippen LogP contribution in [0.1, 0.15) is 24.6 Å². The average Bonchev–Trinajstić information content (AvgIpc) is 3.12. The number of alkyl halides is 3. The highest BCUT2D eigenvalue weighted by Crippen LogP contribution is 2.38. The third-order valence-corrected chi connectivity index (χ3v) is 2.93. The van der Waals surface area contributed by atoms with Crippen LogP contribution in [0, 0.1) is 0 Å². The molecule has 0 spiro atoms. The number of rotatable bonds is 4. The van der Waals surface area contributed by atoms with Gasteiger partial charge < -0.3 is 5.32 Å². The highest BCUT2D eigenvalue weighted by Gasteiger charge is 2.30. The zero-order valence-corrected chi connectivity index (χ0v) is 11.0. The second kappa shape index (κ2) is 5.43. The smallest absolute Gasteiger partial charge is 0.345 e. The molecule has 9 heteroatoms. The summed E-state index contributed by atoms with van der Waals surface area (Å²) in [5, 5.41) is 1.73. The molecule has 0 aliphatic heterocycles. The Kier molecular flexibility index (Phi) is 4.03. The third kappa shape index (κ3) is 3.96. The molecular weight excluding hydrogens is 299 g/mol. The van der Waals surface area contributed by atoms with Crippen molar-refractivity contribution in [1.82, 2.24) is 14.9 Å². The fraction of sp³-hybridized carbons (Fsp3) is 0.545. The van der Waals surface area contributed by atoms with Crippen LogP contribution in [0.25, 0.3) is 0 Å². The van der Waals surface area contributed by atoms with Crippen molar-refractivity contribution < 1.29 is 18.0 Å². The summed E-state index contributed by atoms with van der Waals surface area (Å²) in [5.74, 6) is -0.503. The lowest BCUT2D eigenvalue weighted by atomic mass is 10.3. The molecule has 0 aromatic carbocycles. The standard InChI is InChI=1S/C11H11ClF3N3O2/c12-7-3-9(20)18(10(17-7)6-1-2-6)4-8(19)16-5-11(13,14)15/h3,6H,1-2,4-5H2,(H,16,19). The van der Waals surface area contributed by atoms with Crippen molar-refractivity contribution in [2.45, 2.75) is 31.5 Å². The van der Waals surface area contributed by atoms with E-state index >= 15 is 0 Å². The van der Waals surface area contributed by atoms with E-state index in [4.69, 9.17) is 11.6 Å². The number of nitrogens with zero attached hydrogens (tertiary/aromatic N) is 2. The molecule has 5 nitrogen and oxygen atoms in total. The normalized spacial score (nSPS) is 15.2. The van der Waals surface area contributed by atoms with Crippen molar-refractivity contribution in [3.8, 4) is 0 Å². The third-order valence-electron chi connectivity index (χ3n) is 2.74. The minimum atomic E-state index is -4.49. The molecule has 2 rings (SSSR count). The molecule has 0 atom stereocenters. The van der Waals surface area contributed by atoms with E-state index in [0.29, 0.717) is 5.82 Å². The van der Waals surface area contributed by atoms with Crippen LogP contribution in [0.4, 0.5) is 13.2 Å². The molecule has 1 aliphatic carbocycles. The molecule has 1 saturated carbocycles. The topological polar surface area (TPSA) is 64.0 Å². The van der Waals surface area contributed by atoms with Crippen molar-refractivity contribution >= 4 is 17.5 Å². The zero-order valence-electron chi connectivity index (χ0n) is 10.2. The average molecular weight is 310 g/mol. The zero-order chi connectivity index (χ0) is 14.9. The number of hydrogen-bond acceptors (Lipinski definition) is 3. The van der Waals surface area contributed by atoms with Gasteiger partial charge in [0.25, 0.3) is 5.56 Å². The molecule has 1 aromatic heterocycles. The number of aromatic nitrogens is 2. The van der Waals surface area contributed by atoms with Gasteiger partial charge in [-0.15, -0.1) is 0 Å². The number of carbonyl (C=O) groups excluding carboxylic acids is 1. The van der Waals surface area contributed by atoms with E-state index in [2.05, 4.69) is 4.98 Å². The maximum absolute atomic E-state index is 12.0. The van der Waals surface area contributed by atoms with Crippen LogP contribution in [0.2, 0.25) is 5.15 Å². The number of carbonyl (C=O) groups is 1. The van der Waals surface area contributed by atoms with Crippen LogP contribution in [0.3, 0.4) is 0 Å². The van der Waals surface area contributed by atoms with Gasteiger partial charge >= 0.3 is 6.18 Å². The minimum Gasteiger partial charge on any atom is -0.345 e. The molecular formula is C11H11ClF3N3O2. The fourth-order valence-corrected chi connectivity index (χ4v) is 1.89. The molecule has 1 aromatic rings. The first-order valence-electron chi connectivity index (χ1n) is 5.87. The molecule has 0 saturated heterocycles. The van der Waals surface area contributed by atoms with Crippen LogP contribution in [0.15, 0.2) is 10.9 Å². The minimum absolute atomic E-state index is 0.0175. The van der Waals surface area contributed by atoms with E-state index < -0.39 is 30.7 Å². The lowest BCUT2D eigenvalue weighted by Crippen LogP contribution is -2.38. The van der Waals surface area contributed by atoms with Crippen molar-refractivity contribution in [1.29, 1.82) is 0 Å². The first-order valence-corrected chi connectivity index (χ1v) is 6.25. The van der Waals surface area contributed by atoms with Gasteiger partial charge in [-0.2, -0.15) is 13.2 Å². The summed E-state index contributed by atoms with van der Waals surface area (Å²) in [6.45, 7) is -1.93. The van der Waals surface area contributed by atoms with Crippen molar-refractivity contribution in [2.24, 2.45) is 0 Å². The molecule has 20 heavy (non-hydrogen) atoms. The van der Waals surface area contributed by atoms with Gasteiger partial charge in [-0.05, 0) is 12.8 Å². The predicted molar refractivity (Wildman–Crippen MR) is 64.5 cm³/mol. The Balaban J connectivity index is 2.13. The highest BCUT2D eigenvalue weighted by atomic mass is 35.5. The first-order chi connectivity index (χ1) is 9.26. The quantitative estimate of drug-likeness (QED) is 0.856. The second-order valence-electron chi connectivity index (χ2n) is 4.53. The van der Waals surface area contributed by atoms with Crippen LogP contribution in [0.5, 0.6) is 0 Å². The van der Waals surface area contributed by atoms with E-state index in [9.17, 15) is 22.8 Å². The Bertz CT molecular complexity index is 581. The van der Waals surface area contributed by atoms with Crippen LogP contribution in [-0.4, -0.2) is 28.2 Å². The van der Waals surface area contributed by atoms with Crippen molar-refractivity contribution in [3.05, 3.63) is 27.4 Å². The van der Waals surface area contributed by atoms with Gasteiger partial charge in [0, 0.05) is 12.0 Å². The number of nitrogens with one attached hydrogen (secondary N) is 1. The Morgan fingerprint density at radius 1 is 1.50 bits per heavy atom. The molecule has 1 aliphatic rings. The van der Waals surface area contributed by atoms with Gasteiger partial charge in [-0.3, -0.25) is 14.2 Å². The summed E-state index contributed by atoms with van der Waals surface area (Å²) in [5.41, 5.74) is -0.547. The summed E-state index contributed by atoms with van der Waals surface area (Å²) in [4.78, 5) is 27.2. The SMILES string of the molecule is O=C(Cn1c(C2CC2)nc(Cl)cc1=O)NCC(F)(F)F. The van der Waals surface area contributed by atoms with Gasteiger partial charge in [0.05, 0.1) is 0 Å². The van der Waals surface area contributed by atoms with Crippen LogP contribution < -0.4 is 10.9 Å². The molecule has 1 N–H and O–H groups in total. The molecule has 0 radical (unpaired) electrons. The van der Waals surface area contributed by atoms with Crippen LogP contribution >= 0.6 is 11.6 Å². The molecule has 1 amide bonds. The van der Waals surface area contributed by atoms with E-state index in [1.165, 1.54) is 0 Å². The van der Waals surface area contributed by atoms with E-state index in [-0.39, 0.29) is 11.1 Å². The lowest BCUT2D eigenvalue weighted by molar-refractivity contribution is -0.138. The summed E-state index contributed by atoms with van der Waals surface area (Å²) < 4.78 is 37.0. The largest absolute Gasteiger partial charge is 0.405 e. The monoisotopic (exact) mass is 309 g/mol. The Labute approximate surface area is 116 Å². The highest BCUT2D eigenvalue weighted by molar-refractivity contribution is 6.29. The number of amides is 1. The van der Waals surface area contributed by atoms with E-state index in [1.54, 1.807) is 5.32 Å². The Hall–Kier alpha value is -1.57. The number of hydrogen-bond donors (Lipinski definition) is 1. The molecule has 1 heterocycles. The van der Waals surface area contributed by atoms with E-state index in [1.807, 2.05) is 0 Å². The molecule has 0 bridgehead atoms. The summed E-state index contributed by atoms with van der Waals surface area (Å²) >= 11 is 5.68. The van der Waals surface area contributed by atoms with Crippen molar-refractivity contribution in [2.75, 3.05) is 6.54 Å². The van der Waals surface area contributed by atoms with Gasteiger partial charge in [0.15, 0.2) is 0 Å². The van der Waals surface area contributed by atoms with Gasteiger partial charge in [-0.1, -0.05) is 11.6 Å². The summed E-state index contributed by atoms with van der Waals surface area (Å²) in [7, 11) is 0. The first kappa shape index (κ1) is 14.8. The molecule has 0 unspecified atom stereocenters. The molecule has 1 fully saturated rings. The van der Waals surface area contributed by atoms with Gasteiger partial charge in [0.2, 0.25) is 5.91 Å². The summed E-state index contributed by atoms with van der Waals surface area (Å²) in [6, 6.07) is 1.03. The van der Waals surface area contributed by atoms with Crippen molar-refractivity contribution in [3.63, 3.8) is 0 Å². The number of halogens is 4. The Morgan fingerprint density at radius 3 is 2.70 bits per heavy atom. The maximum atomic E-state index is 12.0. The molecule has 110 valence electrons. The predicted octanol–water partition coefficient (Wildman–Crippen LogP) is 1.45. The second-order valence-corrected chi connectivity index (χ2v) is 4.91. The Morgan fingerprint density at radius 2 is 2.15 bits per heavy atom.